The van der Waals surface area contributed by atoms with Crippen molar-refractivity contribution >= 4 is 26.5 Å². The van der Waals surface area contributed by atoms with Crippen molar-refractivity contribution in [3.8, 4) is 0 Å². The summed E-state index contributed by atoms with van der Waals surface area (Å²) in [6.07, 6.45) is 0. The van der Waals surface area contributed by atoms with Crippen LogP contribution in [-0.4, -0.2) is 26.5 Å². The van der Waals surface area contributed by atoms with E-state index in [1.807, 2.05) is 0 Å². The van der Waals surface area contributed by atoms with E-state index in [0.29, 0.717) is 0 Å². The van der Waals surface area contributed by atoms with Crippen molar-refractivity contribution in [1.82, 2.24) is 0 Å². The summed E-state index contributed by atoms with van der Waals surface area (Å²) in [6, 6.07) is 0. The van der Waals surface area contributed by atoms with E-state index in [-0.39, 0.29) is 0 Å². The summed E-state index contributed by atoms with van der Waals surface area (Å²) < 4.78 is 1.67. The van der Waals surface area contributed by atoms with Crippen molar-refractivity contribution in [2.75, 3.05) is 0 Å². The second-order valence-electron chi connectivity index (χ2n) is 5.30. The van der Waals surface area contributed by atoms with Crippen LogP contribution in [0, 0.1) is 0 Å². The normalized spacial score (nSPS) is 14.0. The summed E-state index contributed by atoms with van der Waals surface area (Å²) in [5.41, 5.74) is 0. The fourth-order valence-corrected chi connectivity index (χ4v) is 43.0. The second-order valence-corrected chi connectivity index (χ2v) is 31.4. The Hall–Kier alpha value is 1.09. The van der Waals surface area contributed by atoms with E-state index in [2.05, 4.69) is 34.5 Å². The van der Waals surface area contributed by atoms with Gasteiger partial charge >= 0.3 is 65.2 Å². The molecule has 0 unspecified atom stereocenters. The molecule has 56 valence electrons. The fourth-order valence-electron chi connectivity index (χ4n) is 1.59. The Bertz CT molecular complexity index is 72.1. The quantitative estimate of drug-likeness (QED) is 0.659. The van der Waals surface area contributed by atoms with E-state index in [4.69, 9.17) is 0 Å². The predicted octanol–water partition coefficient (Wildman–Crippen LogP) is 3.20. The first-order chi connectivity index (χ1) is 3.71. The van der Waals surface area contributed by atoms with E-state index in [9.17, 15) is 0 Å². The van der Waals surface area contributed by atoms with Crippen LogP contribution >= 0.6 is 0 Å². The van der Waals surface area contributed by atoms with Gasteiger partial charge in [-0.05, 0) is 0 Å². The predicted molar refractivity (Wildman–Crippen MR) is 51.5 cm³/mol. The van der Waals surface area contributed by atoms with E-state index < -0.39 is 26.5 Å². The van der Waals surface area contributed by atoms with Crippen molar-refractivity contribution in [3.05, 3.63) is 0 Å². The Kier molecular flexibility index (Phi) is 3.36. The first-order valence-electron chi connectivity index (χ1n) is 3.71. The van der Waals surface area contributed by atoms with E-state index >= 15 is 0 Å². The van der Waals surface area contributed by atoms with Gasteiger partial charge in [0.25, 0.3) is 0 Å². The molecule has 0 spiro atoms. The molecule has 0 aromatic rings. The van der Waals surface area contributed by atoms with Gasteiger partial charge in [-0.1, -0.05) is 0 Å². The number of hydrogen-bond donors (Lipinski definition) is 0. The van der Waals surface area contributed by atoms with Crippen LogP contribution in [0.3, 0.4) is 0 Å². The maximum atomic E-state index is 2.52. The molecule has 0 saturated heterocycles. The van der Waals surface area contributed by atoms with E-state index in [1.165, 1.54) is 0 Å². The molecule has 0 aliphatic rings. The summed E-state index contributed by atoms with van der Waals surface area (Å²) in [4.78, 5) is 0. The Balaban J connectivity index is 3.75. The number of rotatable bonds is 2. The molecule has 0 amide bonds. The monoisotopic (exact) mass is 252 g/mol. The van der Waals surface area contributed by atoms with E-state index in [0.717, 1.165) is 0 Å². The molecule has 0 radical (unpaired) electrons. The van der Waals surface area contributed by atoms with Crippen molar-refractivity contribution < 1.29 is 0 Å². The van der Waals surface area contributed by atoms with Gasteiger partial charge in [0.2, 0.25) is 0 Å². The zero-order valence-corrected chi connectivity index (χ0v) is 11.9. The molecule has 0 heterocycles. The summed E-state index contributed by atoms with van der Waals surface area (Å²) in [5.74, 6) is 15.1. The molecule has 0 aliphatic carbocycles. The third kappa shape index (κ3) is 9.09. The average molecular weight is 249 g/mol. The molecule has 0 aliphatic heterocycles. The third-order valence-corrected chi connectivity index (χ3v) is 28.6. The Morgan fingerprint density at radius 1 is 0.667 bits per heavy atom. The molecule has 0 atom stereocenters. The average Bonchev–Trinajstić information content (AvgIpc) is 1.14. The van der Waals surface area contributed by atoms with Gasteiger partial charge in [0.05, 0.1) is 0 Å². The first kappa shape index (κ1) is 10.1. The van der Waals surface area contributed by atoms with E-state index in [1.54, 1.807) is 4.09 Å². The zero-order chi connectivity index (χ0) is 7.71. The molecule has 9 heavy (non-hydrogen) atoms. The standard InChI is InChI=1S/C7H20Ge2/c1-8(2,3)7-9(4,5)6/h7H2,1-6H3. The minimum absolute atomic E-state index is 1.16. The topological polar surface area (TPSA) is 0 Å². The van der Waals surface area contributed by atoms with Crippen LogP contribution in [0.15, 0.2) is 0 Å². The summed E-state index contributed by atoms with van der Waals surface area (Å²) in [7, 11) is 0. The van der Waals surface area contributed by atoms with Crippen LogP contribution in [0.1, 0.15) is 0 Å². The van der Waals surface area contributed by atoms with Gasteiger partial charge in [-0.2, -0.15) is 0 Å². The van der Waals surface area contributed by atoms with Gasteiger partial charge < -0.3 is 0 Å². The Morgan fingerprint density at radius 2 is 0.889 bits per heavy atom. The summed E-state index contributed by atoms with van der Waals surface area (Å²) in [5, 5.41) is 0. The second kappa shape index (κ2) is 2.99. The van der Waals surface area contributed by atoms with Gasteiger partial charge in [0.15, 0.2) is 0 Å². The molecule has 0 aromatic heterocycles. The van der Waals surface area contributed by atoms with Crippen molar-refractivity contribution in [1.29, 1.82) is 0 Å². The Morgan fingerprint density at radius 3 is 0.889 bits per heavy atom. The third-order valence-electron chi connectivity index (χ3n) is 1.06. The molecule has 0 rings (SSSR count). The molecule has 0 nitrogen and oxygen atoms in total. The van der Waals surface area contributed by atoms with Crippen molar-refractivity contribution in [2.24, 2.45) is 0 Å². The molecule has 0 aromatic carbocycles. The van der Waals surface area contributed by atoms with Crippen LogP contribution in [0.2, 0.25) is 38.6 Å². The maximum absolute atomic E-state index is 2.52. The molecular weight excluding hydrogens is 229 g/mol. The number of hydrogen-bond acceptors (Lipinski definition) is 0. The molecule has 0 bridgehead atoms. The molecule has 0 saturated carbocycles. The molecule has 0 N–H and O–H groups in total. The van der Waals surface area contributed by atoms with Crippen LogP contribution in [0.5, 0.6) is 0 Å². The summed E-state index contributed by atoms with van der Waals surface area (Å²) >= 11 is -2.31. The van der Waals surface area contributed by atoms with Crippen LogP contribution < -0.4 is 0 Å². The van der Waals surface area contributed by atoms with Gasteiger partial charge in [-0.3, -0.25) is 0 Å². The van der Waals surface area contributed by atoms with Gasteiger partial charge in [-0.15, -0.1) is 0 Å². The first-order valence-corrected chi connectivity index (χ1v) is 19.3. The van der Waals surface area contributed by atoms with Crippen LogP contribution in [0.25, 0.3) is 0 Å². The molecule has 2 heteroatoms. The fraction of sp³-hybridized carbons (Fsp3) is 1.00. The van der Waals surface area contributed by atoms with Gasteiger partial charge in [0, 0.05) is 0 Å². The van der Waals surface area contributed by atoms with Crippen LogP contribution in [0.4, 0.5) is 0 Å². The molecule has 0 fully saturated rings. The van der Waals surface area contributed by atoms with Crippen molar-refractivity contribution in [3.63, 3.8) is 0 Å². The van der Waals surface area contributed by atoms with Gasteiger partial charge in [0.1, 0.15) is 0 Å². The van der Waals surface area contributed by atoms with Crippen molar-refractivity contribution in [2.45, 2.75) is 38.6 Å². The van der Waals surface area contributed by atoms with Gasteiger partial charge in [-0.25, -0.2) is 0 Å². The summed E-state index contributed by atoms with van der Waals surface area (Å²) in [6.45, 7) is 0. The SMILES string of the molecule is [CH3][Ge]([CH3])([CH3])[CH2][Ge]([CH3])([CH3])[CH3]. The van der Waals surface area contributed by atoms with Crippen LogP contribution in [-0.2, 0) is 0 Å². The zero-order valence-electron chi connectivity index (χ0n) is 7.71. The minimum atomic E-state index is -1.16. The Labute approximate surface area is 65.1 Å². The molecular formula is C7H20Ge2.